The van der Waals surface area contributed by atoms with Gasteiger partial charge in [-0.2, -0.15) is 0 Å². The Morgan fingerprint density at radius 3 is 2.53 bits per heavy atom. The Hall–Kier alpha value is -1.39. The summed E-state index contributed by atoms with van der Waals surface area (Å²) in [5.74, 6) is 3.21. The monoisotopic (exact) mass is 262 g/mol. The van der Waals surface area contributed by atoms with Crippen molar-refractivity contribution in [1.82, 2.24) is 20.1 Å². The molecule has 0 unspecified atom stereocenters. The number of H-pyrrole nitrogens is 1. The summed E-state index contributed by atoms with van der Waals surface area (Å²) in [6.07, 6.45) is 4.54. The summed E-state index contributed by atoms with van der Waals surface area (Å²) in [4.78, 5) is 18.6. The number of aromatic amines is 1. The average Bonchev–Trinajstić information content (AvgIpc) is 3.16. The minimum Gasteiger partial charge on any atom is -0.336 e. The summed E-state index contributed by atoms with van der Waals surface area (Å²) in [6, 6.07) is 0. The number of nitrogens with one attached hydrogen (secondary N) is 1. The predicted octanol–water partition coefficient (Wildman–Crippen LogP) is 2.19. The van der Waals surface area contributed by atoms with E-state index >= 15 is 0 Å². The maximum Gasteiger partial charge on any atom is 0.293 e. The van der Waals surface area contributed by atoms with E-state index in [2.05, 4.69) is 29.0 Å². The molecule has 104 valence electrons. The molecule has 0 aromatic carbocycles. The number of hydrogen-bond acceptors (Lipinski definition) is 3. The Morgan fingerprint density at radius 1 is 1.26 bits per heavy atom. The third kappa shape index (κ3) is 2.65. The van der Waals surface area contributed by atoms with Gasteiger partial charge < -0.3 is 4.90 Å². The largest absolute Gasteiger partial charge is 0.336 e. The molecule has 1 aromatic rings. The standard InChI is InChI=1S/C14H22N4O/c1-9(2)10-5-7-18(8-6-10)14(19)13-15-12(16-17-13)11-3-4-11/h9-11H,3-8H2,1-2H3,(H,15,16,17). The van der Waals surface area contributed by atoms with Crippen LogP contribution in [0, 0.1) is 11.8 Å². The minimum absolute atomic E-state index is 0.00893. The Labute approximate surface area is 113 Å². The third-order valence-corrected chi connectivity index (χ3v) is 4.43. The van der Waals surface area contributed by atoms with Gasteiger partial charge in [-0.15, -0.1) is 5.10 Å². The molecule has 1 saturated heterocycles. The molecule has 3 rings (SSSR count). The molecule has 19 heavy (non-hydrogen) atoms. The van der Waals surface area contributed by atoms with Gasteiger partial charge in [-0.05, 0) is 37.5 Å². The van der Waals surface area contributed by atoms with Crippen LogP contribution in [0.2, 0.25) is 0 Å². The summed E-state index contributed by atoms with van der Waals surface area (Å²) in [5.41, 5.74) is 0. The molecule has 0 spiro atoms. The van der Waals surface area contributed by atoms with Crippen molar-refractivity contribution in [2.24, 2.45) is 11.8 Å². The second-order valence-corrected chi connectivity index (χ2v) is 6.19. The SMILES string of the molecule is CC(C)C1CCN(C(=O)c2n[nH]c(C3CC3)n2)CC1. The fourth-order valence-electron chi connectivity index (χ4n) is 2.82. The lowest BCUT2D eigenvalue weighted by molar-refractivity contribution is 0.0656. The lowest BCUT2D eigenvalue weighted by Crippen LogP contribution is -2.40. The zero-order valence-electron chi connectivity index (χ0n) is 11.7. The first-order valence-corrected chi connectivity index (χ1v) is 7.36. The van der Waals surface area contributed by atoms with Gasteiger partial charge in [0.15, 0.2) is 0 Å². The molecule has 1 aliphatic heterocycles. The molecule has 1 saturated carbocycles. The second kappa shape index (κ2) is 4.94. The molecule has 2 aliphatic rings. The van der Waals surface area contributed by atoms with E-state index in [1.807, 2.05) is 4.90 Å². The van der Waals surface area contributed by atoms with E-state index < -0.39 is 0 Å². The molecule has 0 atom stereocenters. The molecule has 1 aliphatic carbocycles. The van der Waals surface area contributed by atoms with Crippen LogP contribution in [0.5, 0.6) is 0 Å². The van der Waals surface area contributed by atoms with Gasteiger partial charge in [-0.1, -0.05) is 13.8 Å². The van der Waals surface area contributed by atoms with Crippen LogP contribution in [0.1, 0.15) is 61.9 Å². The van der Waals surface area contributed by atoms with Crippen LogP contribution in [-0.2, 0) is 0 Å². The predicted molar refractivity (Wildman–Crippen MR) is 71.8 cm³/mol. The van der Waals surface area contributed by atoms with Gasteiger partial charge in [-0.3, -0.25) is 9.89 Å². The van der Waals surface area contributed by atoms with Crippen LogP contribution >= 0.6 is 0 Å². The Balaban J connectivity index is 1.61. The quantitative estimate of drug-likeness (QED) is 0.908. The van der Waals surface area contributed by atoms with Crippen molar-refractivity contribution in [3.63, 3.8) is 0 Å². The smallest absolute Gasteiger partial charge is 0.293 e. The molecule has 5 heteroatoms. The number of hydrogen-bond donors (Lipinski definition) is 1. The van der Waals surface area contributed by atoms with Crippen molar-refractivity contribution in [2.45, 2.75) is 45.4 Å². The van der Waals surface area contributed by atoms with Gasteiger partial charge >= 0.3 is 0 Å². The van der Waals surface area contributed by atoms with E-state index in [0.29, 0.717) is 17.7 Å². The van der Waals surface area contributed by atoms with Crippen molar-refractivity contribution in [3.05, 3.63) is 11.6 Å². The molecule has 1 amide bonds. The number of carbonyl (C=O) groups excluding carboxylic acids is 1. The average molecular weight is 262 g/mol. The van der Waals surface area contributed by atoms with E-state index in [1.54, 1.807) is 0 Å². The highest BCUT2D eigenvalue weighted by Crippen LogP contribution is 2.37. The highest BCUT2D eigenvalue weighted by Gasteiger charge is 2.30. The van der Waals surface area contributed by atoms with Crippen molar-refractivity contribution < 1.29 is 4.79 Å². The van der Waals surface area contributed by atoms with Gasteiger partial charge in [0, 0.05) is 19.0 Å². The summed E-state index contributed by atoms with van der Waals surface area (Å²) in [7, 11) is 0. The third-order valence-electron chi connectivity index (χ3n) is 4.43. The van der Waals surface area contributed by atoms with Gasteiger partial charge in [0.05, 0.1) is 0 Å². The molecule has 1 N–H and O–H groups in total. The number of carbonyl (C=O) groups is 1. The Morgan fingerprint density at radius 2 is 1.95 bits per heavy atom. The normalized spacial score (nSPS) is 21.1. The van der Waals surface area contributed by atoms with E-state index in [-0.39, 0.29) is 5.91 Å². The van der Waals surface area contributed by atoms with Crippen molar-refractivity contribution in [1.29, 1.82) is 0 Å². The van der Waals surface area contributed by atoms with Crippen molar-refractivity contribution >= 4 is 5.91 Å². The highest BCUT2D eigenvalue weighted by molar-refractivity contribution is 5.90. The molecule has 0 bridgehead atoms. The van der Waals surface area contributed by atoms with Crippen molar-refractivity contribution in [2.75, 3.05) is 13.1 Å². The van der Waals surface area contributed by atoms with Gasteiger partial charge in [0.1, 0.15) is 5.82 Å². The van der Waals surface area contributed by atoms with Gasteiger partial charge in [0.2, 0.25) is 5.82 Å². The number of rotatable bonds is 3. The summed E-state index contributed by atoms with van der Waals surface area (Å²) in [5, 5.41) is 6.99. The first-order chi connectivity index (χ1) is 9.15. The number of aromatic nitrogens is 3. The summed E-state index contributed by atoms with van der Waals surface area (Å²) in [6.45, 7) is 6.21. The maximum atomic E-state index is 12.3. The fourth-order valence-corrected chi connectivity index (χ4v) is 2.82. The van der Waals surface area contributed by atoms with Crippen LogP contribution in [-0.4, -0.2) is 39.1 Å². The Kier molecular flexibility index (Phi) is 3.29. The molecule has 1 aromatic heterocycles. The van der Waals surface area contributed by atoms with Crippen LogP contribution < -0.4 is 0 Å². The summed E-state index contributed by atoms with van der Waals surface area (Å²) < 4.78 is 0. The lowest BCUT2D eigenvalue weighted by Gasteiger charge is -2.33. The zero-order chi connectivity index (χ0) is 13.4. The van der Waals surface area contributed by atoms with E-state index in [4.69, 9.17) is 0 Å². The molecule has 2 fully saturated rings. The van der Waals surface area contributed by atoms with Crippen molar-refractivity contribution in [3.8, 4) is 0 Å². The maximum absolute atomic E-state index is 12.3. The van der Waals surface area contributed by atoms with E-state index in [0.717, 1.165) is 37.7 Å². The summed E-state index contributed by atoms with van der Waals surface area (Å²) >= 11 is 0. The lowest BCUT2D eigenvalue weighted by atomic mass is 9.87. The topological polar surface area (TPSA) is 61.9 Å². The molecule has 5 nitrogen and oxygen atoms in total. The fraction of sp³-hybridized carbons (Fsp3) is 0.786. The van der Waals surface area contributed by atoms with Crippen LogP contribution in [0.15, 0.2) is 0 Å². The second-order valence-electron chi connectivity index (χ2n) is 6.19. The first kappa shape index (κ1) is 12.6. The van der Waals surface area contributed by atoms with Gasteiger partial charge in [0.25, 0.3) is 5.91 Å². The molecule has 0 radical (unpaired) electrons. The first-order valence-electron chi connectivity index (χ1n) is 7.36. The van der Waals surface area contributed by atoms with Gasteiger partial charge in [-0.25, -0.2) is 4.98 Å². The molecule has 2 heterocycles. The zero-order valence-corrected chi connectivity index (χ0v) is 11.7. The van der Waals surface area contributed by atoms with E-state index in [9.17, 15) is 4.79 Å². The highest BCUT2D eigenvalue weighted by atomic mass is 16.2. The van der Waals surface area contributed by atoms with Crippen LogP contribution in [0.25, 0.3) is 0 Å². The minimum atomic E-state index is -0.00893. The number of amides is 1. The number of nitrogens with zero attached hydrogens (tertiary/aromatic N) is 3. The molecular formula is C14H22N4O. The van der Waals surface area contributed by atoms with Crippen LogP contribution in [0.3, 0.4) is 0 Å². The Bertz CT molecular complexity index is 456. The van der Waals surface area contributed by atoms with Crippen LogP contribution in [0.4, 0.5) is 0 Å². The molecular weight excluding hydrogens is 240 g/mol. The number of piperidine rings is 1. The van der Waals surface area contributed by atoms with E-state index in [1.165, 1.54) is 12.8 Å². The number of likely N-dealkylation sites (tertiary alicyclic amines) is 1.